The molecule has 0 aliphatic rings. The van der Waals surface area contributed by atoms with Crippen LogP contribution in [-0.2, 0) is 0 Å². The number of hydrogen-bond donors (Lipinski definition) is 1. The molecule has 0 spiro atoms. The minimum Gasteiger partial charge on any atom is -0.385 e. The fourth-order valence-corrected chi connectivity index (χ4v) is 1.66. The second-order valence-corrected chi connectivity index (χ2v) is 3.60. The van der Waals surface area contributed by atoms with E-state index >= 15 is 0 Å². The average molecular weight is 202 g/mol. The van der Waals surface area contributed by atoms with Crippen molar-refractivity contribution in [2.75, 3.05) is 0 Å². The van der Waals surface area contributed by atoms with Gasteiger partial charge in [0.1, 0.15) is 11.9 Å². The first-order chi connectivity index (χ1) is 7.20. The maximum atomic E-state index is 9.60. The van der Waals surface area contributed by atoms with Crippen LogP contribution < -0.4 is 0 Å². The second kappa shape index (κ2) is 3.87. The Labute approximate surface area is 89.0 Å². The second-order valence-electron chi connectivity index (χ2n) is 3.60. The van der Waals surface area contributed by atoms with Crippen LogP contribution in [0.2, 0.25) is 0 Å². The lowest BCUT2D eigenvalue weighted by atomic mass is 10.3. The number of imidazole rings is 1. The summed E-state index contributed by atoms with van der Waals surface area (Å²) < 4.78 is 1.96. The van der Waals surface area contributed by atoms with Crippen LogP contribution in [0.5, 0.6) is 0 Å². The highest BCUT2D eigenvalue weighted by molar-refractivity contribution is 5.35. The number of para-hydroxylation sites is 1. The van der Waals surface area contributed by atoms with Gasteiger partial charge in [0.15, 0.2) is 0 Å². The summed E-state index contributed by atoms with van der Waals surface area (Å²) in [6, 6.07) is 9.92. The summed E-state index contributed by atoms with van der Waals surface area (Å²) >= 11 is 0. The van der Waals surface area contributed by atoms with Crippen molar-refractivity contribution in [3.05, 3.63) is 48.0 Å². The minimum atomic E-state index is -0.557. The lowest BCUT2D eigenvalue weighted by Gasteiger charge is -2.11. The number of aromatic nitrogens is 2. The topological polar surface area (TPSA) is 38.1 Å². The molecule has 1 unspecified atom stereocenters. The standard InChI is InChI=1S/C12H14N2O/c1-9-8-13-12(10(2)15)14(9)11-6-4-3-5-7-11/h3-8,10,15H,1-2H3. The Morgan fingerprint density at radius 1 is 1.27 bits per heavy atom. The van der Waals surface area contributed by atoms with Crippen LogP contribution in [0.15, 0.2) is 36.5 Å². The fourth-order valence-electron chi connectivity index (χ4n) is 1.66. The Bertz CT molecular complexity index is 446. The number of aliphatic hydroxyl groups excluding tert-OH is 1. The smallest absolute Gasteiger partial charge is 0.142 e. The summed E-state index contributed by atoms with van der Waals surface area (Å²) in [6.07, 6.45) is 1.22. The Morgan fingerprint density at radius 3 is 2.53 bits per heavy atom. The van der Waals surface area contributed by atoms with E-state index in [0.29, 0.717) is 5.82 Å². The Morgan fingerprint density at radius 2 is 1.93 bits per heavy atom. The number of rotatable bonds is 2. The highest BCUT2D eigenvalue weighted by Gasteiger charge is 2.12. The Kier molecular flexibility index (Phi) is 2.56. The Hall–Kier alpha value is -1.61. The number of nitrogens with zero attached hydrogens (tertiary/aromatic N) is 2. The molecule has 1 atom stereocenters. The van der Waals surface area contributed by atoms with Gasteiger partial charge in [0.05, 0.1) is 0 Å². The molecule has 0 radical (unpaired) electrons. The van der Waals surface area contributed by atoms with Crippen LogP contribution in [0.3, 0.4) is 0 Å². The van der Waals surface area contributed by atoms with Crippen molar-refractivity contribution in [1.82, 2.24) is 9.55 Å². The summed E-state index contributed by atoms with van der Waals surface area (Å²) in [5.41, 5.74) is 2.06. The molecule has 1 aromatic carbocycles. The number of aliphatic hydroxyl groups is 1. The molecule has 1 N–H and O–H groups in total. The van der Waals surface area contributed by atoms with Crippen molar-refractivity contribution in [3.8, 4) is 5.69 Å². The van der Waals surface area contributed by atoms with Gasteiger partial charge in [0, 0.05) is 17.6 Å². The molecule has 78 valence electrons. The summed E-state index contributed by atoms with van der Waals surface area (Å²) in [5.74, 6) is 0.679. The van der Waals surface area contributed by atoms with Crippen molar-refractivity contribution >= 4 is 0 Å². The molecular formula is C12H14N2O. The van der Waals surface area contributed by atoms with Crippen LogP contribution >= 0.6 is 0 Å². The van der Waals surface area contributed by atoms with Crippen LogP contribution in [0.25, 0.3) is 5.69 Å². The maximum Gasteiger partial charge on any atom is 0.142 e. The van der Waals surface area contributed by atoms with Crippen LogP contribution in [0.4, 0.5) is 0 Å². The largest absolute Gasteiger partial charge is 0.385 e. The normalized spacial score (nSPS) is 12.7. The monoisotopic (exact) mass is 202 g/mol. The van der Waals surface area contributed by atoms with Gasteiger partial charge in [0.2, 0.25) is 0 Å². The van der Waals surface area contributed by atoms with Crippen molar-refractivity contribution in [2.24, 2.45) is 0 Å². The number of benzene rings is 1. The van der Waals surface area contributed by atoms with E-state index < -0.39 is 6.10 Å². The molecule has 0 saturated heterocycles. The van der Waals surface area contributed by atoms with Crippen molar-refractivity contribution in [1.29, 1.82) is 0 Å². The van der Waals surface area contributed by atoms with E-state index in [2.05, 4.69) is 4.98 Å². The van der Waals surface area contributed by atoms with Crippen LogP contribution in [-0.4, -0.2) is 14.7 Å². The van der Waals surface area contributed by atoms with Crippen LogP contribution in [0, 0.1) is 6.92 Å². The van der Waals surface area contributed by atoms with E-state index in [1.54, 1.807) is 13.1 Å². The minimum absolute atomic E-state index is 0.557. The molecule has 0 aliphatic heterocycles. The van der Waals surface area contributed by atoms with E-state index in [0.717, 1.165) is 11.4 Å². The summed E-state index contributed by atoms with van der Waals surface area (Å²) in [7, 11) is 0. The van der Waals surface area contributed by atoms with E-state index in [4.69, 9.17) is 0 Å². The zero-order valence-corrected chi connectivity index (χ0v) is 8.88. The zero-order valence-electron chi connectivity index (χ0n) is 8.88. The highest BCUT2D eigenvalue weighted by atomic mass is 16.3. The third-order valence-corrected chi connectivity index (χ3v) is 2.35. The van der Waals surface area contributed by atoms with E-state index in [9.17, 15) is 5.11 Å². The van der Waals surface area contributed by atoms with Gasteiger partial charge < -0.3 is 5.11 Å². The molecule has 1 aromatic heterocycles. The third-order valence-electron chi connectivity index (χ3n) is 2.35. The lowest BCUT2D eigenvalue weighted by molar-refractivity contribution is 0.187. The van der Waals surface area contributed by atoms with Gasteiger partial charge in [-0.2, -0.15) is 0 Å². The molecule has 2 rings (SSSR count). The highest BCUT2D eigenvalue weighted by Crippen LogP contribution is 2.18. The van der Waals surface area contributed by atoms with Gasteiger partial charge >= 0.3 is 0 Å². The molecule has 0 amide bonds. The molecule has 3 nitrogen and oxygen atoms in total. The fraction of sp³-hybridized carbons (Fsp3) is 0.250. The van der Waals surface area contributed by atoms with Crippen LogP contribution in [0.1, 0.15) is 24.5 Å². The molecule has 0 saturated carbocycles. The lowest BCUT2D eigenvalue weighted by Crippen LogP contribution is -2.05. The summed E-state index contributed by atoms with van der Waals surface area (Å²) in [4.78, 5) is 4.20. The molecular weight excluding hydrogens is 188 g/mol. The first-order valence-electron chi connectivity index (χ1n) is 4.98. The number of aryl methyl sites for hydroxylation is 1. The predicted molar refractivity (Wildman–Crippen MR) is 58.9 cm³/mol. The van der Waals surface area contributed by atoms with Gasteiger partial charge in [-0.25, -0.2) is 4.98 Å². The first kappa shape index (κ1) is 9.93. The first-order valence-corrected chi connectivity index (χ1v) is 4.98. The summed E-state index contributed by atoms with van der Waals surface area (Å²) in [6.45, 7) is 3.70. The van der Waals surface area contributed by atoms with Crippen molar-refractivity contribution in [2.45, 2.75) is 20.0 Å². The molecule has 3 heteroatoms. The van der Waals surface area contributed by atoms with E-state index in [1.807, 2.05) is 41.8 Å². The number of hydrogen-bond acceptors (Lipinski definition) is 2. The van der Waals surface area contributed by atoms with Gasteiger partial charge in [-0.15, -0.1) is 0 Å². The zero-order chi connectivity index (χ0) is 10.8. The predicted octanol–water partition coefficient (Wildman–Crippen LogP) is 2.23. The molecule has 0 aliphatic carbocycles. The quantitative estimate of drug-likeness (QED) is 0.811. The molecule has 1 heterocycles. The maximum absolute atomic E-state index is 9.60. The SMILES string of the molecule is Cc1cnc(C(C)O)n1-c1ccccc1. The van der Waals surface area contributed by atoms with E-state index in [-0.39, 0.29) is 0 Å². The molecule has 15 heavy (non-hydrogen) atoms. The Balaban J connectivity index is 2.57. The van der Waals surface area contributed by atoms with E-state index in [1.165, 1.54) is 0 Å². The van der Waals surface area contributed by atoms with Gasteiger partial charge in [0.25, 0.3) is 0 Å². The van der Waals surface area contributed by atoms with Gasteiger partial charge in [-0.1, -0.05) is 18.2 Å². The van der Waals surface area contributed by atoms with Gasteiger partial charge in [-0.3, -0.25) is 4.57 Å². The molecule has 0 fully saturated rings. The average Bonchev–Trinajstić information content (AvgIpc) is 2.61. The molecule has 2 aromatic rings. The van der Waals surface area contributed by atoms with Crippen molar-refractivity contribution in [3.63, 3.8) is 0 Å². The van der Waals surface area contributed by atoms with Gasteiger partial charge in [-0.05, 0) is 26.0 Å². The third kappa shape index (κ3) is 1.78. The van der Waals surface area contributed by atoms with Crippen molar-refractivity contribution < 1.29 is 5.11 Å². The molecule has 0 bridgehead atoms. The summed E-state index contributed by atoms with van der Waals surface area (Å²) in [5, 5.41) is 9.60.